The Morgan fingerprint density at radius 1 is 0.585 bits per heavy atom. The smallest absolute Gasteiger partial charge is 0.265 e. The normalized spacial score (nSPS) is 11.8. The fourth-order valence-corrected chi connectivity index (χ4v) is 5.77. The van der Waals surface area contributed by atoms with E-state index < -0.39 is 6.49 Å². The molecule has 0 saturated heterocycles. The van der Waals surface area contributed by atoms with Crippen LogP contribution in [0.5, 0.6) is 34.5 Å². The van der Waals surface area contributed by atoms with Crippen molar-refractivity contribution < 1.29 is 29.5 Å². The molecule has 218 valence electrons. The molecule has 3 aromatic rings. The van der Waals surface area contributed by atoms with E-state index in [0.29, 0.717) is 33.9 Å². The van der Waals surface area contributed by atoms with Crippen LogP contribution >= 0.6 is 6.49 Å². The zero-order valence-electron chi connectivity index (χ0n) is 23.5. The van der Waals surface area contributed by atoms with Crippen molar-refractivity contribution in [2.45, 2.75) is 0 Å². The fourth-order valence-electron chi connectivity index (χ4n) is 3.71. The molecular weight excluding hydrogens is 567 g/mol. The Kier molecular flexibility index (Phi) is 10.4. The molecule has 14 heteroatoms. The van der Waals surface area contributed by atoms with Gasteiger partial charge in [0.15, 0.2) is 0 Å². The average Bonchev–Trinajstić information content (AvgIpc) is 2.97. The number of methoxy groups -OCH3 is 3. The third-order valence-corrected chi connectivity index (χ3v) is 10.7. The summed E-state index contributed by atoms with van der Waals surface area (Å²) in [5.74, 6) is 1.20. The van der Waals surface area contributed by atoms with Crippen molar-refractivity contribution in [3.8, 4) is 34.5 Å². The van der Waals surface area contributed by atoms with Crippen LogP contribution in [0.2, 0.25) is 0 Å². The first-order valence-electron chi connectivity index (χ1n) is 12.1. The predicted octanol–water partition coefficient (Wildman–Crippen LogP) is 4.25. The van der Waals surface area contributed by atoms with Gasteiger partial charge in [0.1, 0.15) is 34.5 Å². The van der Waals surface area contributed by atoms with Gasteiger partial charge in [0.25, 0.3) is 6.49 Å². The van der Waals surface area contributed by atoms with Gasteiger partial charge in [-0.05, 0) is 48.2 Å². The maximum Gasteiger partial charge on any atom is 0.265 e. The standard InChI is InChI=1S/C27H33N6O6PS/c1-31(28-16-19-22(34)10-7-13-25(19)37-4)40(41,32(2)29-17-20-23(35)11-8-14-26(20)38-5)33(3)30-18-21-24(36)12-9-15-27(21)39-6/h7-18,34-36H,1-6H3/b28-16+,29-17+,30-18+. The molecule has 0 atom stereocenters. The van der Waals surface area contributed by atoms with Gasteiger partial charge in [-0.15, -0.1) is 0 Å². The van der Waals surface area contributed by atoms with Gasteiger partial charge in [0.2, 0.25) is 0 Å². The summed E-state index contributed by atoms with van der Waals surface area (Å²) in [6.07, 6.45) is 4.30. The van der Waals surface area contributed by atoms with Crippen molar-refractivity contribution in [2.24, 2.45) is 15.3 Å². The number of ether oxygens (including phenoxy) is 3. The molecule has 3 N–H and O–H groups in total. The SMILES string of the molecule is COc1cccc(O)c1/C=N/N(C)P(=S)(N(C)/N=C/c1c(O)cccc1OC)N(C)/N=C/c1c(O)cccc1OC. The van der Waals surface area contributed by atoms with E-state index in [1.807, 2.05) is 0 Å². The van der Waals surface area contributed by atoms with E-state index in [-0.39, 0.29) is 17.2 Å². The monoisotopic (exact) mass is 600 g/mol. The first-order valence-corrected chi connectivity index (χ1v) is 14.8. The third kappa shape index (κ3) is 6.82. The molecule has 0 unspecified atom stereocenters. The minimum absolute atomic E-state index is 0.0224. The Balaban J connectivity index is 2.06. The molecule has 0 aliphatic heterocycles. The van der Waals surface area contributed by atoms with Gasteiger partial charge < -0.3 is 29.5 Å². The average molecular weight is 601 g/mol. The van der Waals surface area contributed by atoms with E-state index in [9.17, 15) is 15.3 Å². The molecule has 3 aromatic carbocycles. The second-order valence-electron chi connectivity index (χ2n) is 8.39. The van der Waals surface area contributed by atoms with E-state index >= 15 is 0 Å². The van der Waals surface area contributed by atoms with Crippen LogP contribution in [0.1, 0.15) is 16.7 Å². The van der Waals surface area contributed by atoms with Crippen LogP contribution in [0.25, 0.3) is 0 Å². The maximum atomic E-state index is 10.4. The summed E-state index contributed by atoms with van der Waals surface area (Å²) >= 11 is 6.16. The highest BCUT2D eigenvalue weighted by molar-refractivity contribution is 8.11. The number of benzene rings is 3. The number of phenols is 3. The van der Waals surface area contributed by atoms with Crippen LogP contribution in [0.15, 0.2) is 69.9 Å². The Morgan fingerprint density at radius 2 is 0.854 bits per heavy atom. The molecule has 0 spiro atoms. The summed E-state index contributed by atoms with van der Waals surface area (Å²) < 4.78 is 20.6. The van der Waals surface area contributed by atoms with E-state index in [1.54, 1.807) is 57.5 Å². The maximum absolute atomic E-state index is 10.4. The summed E-state index contributed by atoms with van der Waals surface area (Å²) in [6, 6.07) is 14.6. The number of aromatic hydroxyl groups is 3. The quantitative estimate of drug-likeness (QED) is 0.157. The highest BCUT2D eigenvalue weighted by atomic mass is 32.4. The summed E-state index contributed by atoms with van der Waals surface area (Å²) in [5.41, 5.74) is 1.08. The van der Waals surface area contributed by atoms with E-state index in [2.05, 4.69) is 15.3 Å². The minimum atomic E-state index is -3.15. The van der Waals surface area contributed by atoms with Crippen LogP contribution in [-0.4, -0.2) is 90.8 Å². The molecule has 0 aromatic heterocycles. The predicted molar refractivity (Wildman–Crippen MR) is 164 cm³/mol. The molecule has 3 rings (SSSR count). The second kappa shape index (κ2) is 13.7. The number of hydrogen-bond donors (Lipinski definition) is 3. The summed E-state index contributed by atoms with van der Waals surface area (Å²) in [4.78, 5) is 0. The molecule has 0 bridgehead atoms. The number of phenolic OH excluding ortho intramolecular Hbond substituents is 3. The van der Waals surface area contributed by atoms with Gasteiger partial charge in [-0.3, -0.25) is 0 Å². The molecule has 0 fully saturated rings. The largest absolute Gasteiger partial charge is 0.507 e. The number of hydrogen-bond acceptors (Lipinski definition) is 10. The van der Waals surface area contributed by atoms with Crippen LogP contribution in [-0.2, 0) is 11.8 Å². The number of hydrazone groups is 3. The molecule has 0 aliphatic carbocycles. The van der Waals surface area contributed by atoms with Crippen LogP contribution in [0, 0.1) is 0 Å². The molecule has 41 heavy (non-hydrogen) atoms. The lowest BCUT2D eigenvalue weighted by Gasteiger charge is -2.39. The minimum Gasteiger partial charge on any atom is -0.507 e. The number of rotatable bonds is 12. The summed E-state index contributed by atoms with van der Waals surface area (Å²) in [7, 11) is 9.44. The fraction of sp³-hybridized carbons (Fsp3) is 0.222. The zero-order chi connectivity index (χ0) is 30.2. The highest BCUT2D eigenvalue weighted by Crippen LogP contribution is 2.55. The third-order valence-electron chi connectivity index (χ3n) is 5.98. The van der Waals surface area contributed by atoms with Crippen molar-refractivity contribution in [3.05, 3.63) is 71.3 Å². The zero-order valence-corrected chi connectivity index (χ0v) is 25.2. The van der Waals surface area contributed by atoms with Crippen molar-refractivity contribution in [1.82, 2.24) is 14.3 Å². The molecule has 12 nitrogen and oxygen atoms in total. The van der Waals surface area contributed by atoms with Gasteiger partial charge in [-0.2, -0.15) is 15.3 Å². The summed E-state index contributed by atoms with van der Waals surface area (Å²) in [6.45, 7) is -3.15. The van der Waals surface area contributed by atoms with E-state index in [0.717, 1.165) is 0 Å². The van der Waals surface area contributed by atoms with E-state index in [1.165, 1.54) is 72.5 Å². The van der Waals surface area contributed by atoms with Crippen molar-refractivity contribution in [1.29, 1.82) is 0 Å². The Bertz CT molecular complexity index is 1330. The molecule has 0 saturated carbocycles. The molecular formula is C27H33N6O6PS. The van der Waals surface area contributed by atoms with Gasteiger partial charge in [-0.1, -0.05) is 18.2 Å². The molecule has 0 amide bonds. The van der Waals surface area contributed by atoms with Crippen LogP contribution < -0.4 is 14.2 Å². The lowest BCUT2D eigenvalue weighted by Crippen LogP contribution is -2.29. The molecule has 0 radical (unpaired) electrons. The van der Waals surface area contributed by atoms with Gasteiger partial charge in [0, 0.05) is 21.1 Å². The lowest BCUT2D eigenvalue weighted by molar-refractivity contribution is 0.403. The highest BCUT2D eigenvalue weighted by Gasteiger charge is 2.32. The van der Waals surface area contributed by atoms with Crippen molar-refractivity contribution >= 4 is 36.9 Å². The van der Waals surface area contributed by atoms with Gasteiger partial charge in [-0.25, -0.2) is 14.3 Å². The second-order valence-corrected chi connectivity index (χ2v) is 12.6. The van der Waals surface area contributed by atoms with Gasteiger partial charge in [0.05, 0.1) is 56.7 Å². The molecule has 0 heterocycles. The Hall–Kier alpha value is -4.48. The Morgan fingerprint density at radius 3 is 1.10 bits per heavy atom. The lowest BCUT2D eigenvalue weighted by atomic mass is 10.2. The molecule has 0 aliphatic rings. The van der Waals surface area contributed by atoms with E-state index in [4.69, 9.17) is 26.0 Å². The van der Waals surface area contributed by atoms with Gasteiger partial charge >= 0.3 is 0 Å². The van der Waals surface area contributed by atoms with Crippen LogP contribution in [0.4, 0.5) is 0 Å². The topological polar surface area (TPSA) is 135 Å². The number of nitrogens with zero attached hydrogens (tertiary/aromatic N) is 6. The van der Waals surface area contributed by atoms with Crippen molar-refractivity contribution in [3.63, 3.8) is 0 Å². The first-order chi connectivity index (χ1) is 19.6. The Labute approximate surface area is 244 Å². The summed E-state index contributed by atoms with van der Waals surface area (Å²) in [5, 5.41) is 44.7. The van der Waals surface area contributed by atoms with Crippen LogP contribution in [0.3, 0.4) is 0 Å². The first kappa shape index (κ1) is 31.1. The van der Waals surface area contributed by atoms with Crippen molar-refractivity contribution in [2.75, 3.05) is 42.5 Å².